The molecule has 0 heterocycles. The largest absolute Gasteiger partial charge is 0.313 e. The molecule has 3 rings (SSSR count). The number of rotatable bonds is 4. The van der Waals surface area contributed by atoms with E-state index >= 15 is 0 Å². The molecule has 0 bridgehead atoms. The van der Waals surface area contributed by atoms with E-state index in [1.807, 2.05) is 0 Å². The van der Waals surface area contributed by atoms with Crippen LogP contribution in [-0.2, 0) is 0 Å². The molecule has 0 aliphatic heterocycles. The van der Waals surface area contributed by atoms with E-state index in [0.29, 0.717) is 0 Å². The average molecular weight is 191 g/mol. The second-order valence-corrected chi connectivity index (χ2v) is 5.38. The summed E-state index contributed by atoms with van der Waals surface area (Å²) in [5.74, 6) is 2.98. The maximum atomic E-state index is 3.74. The van der Waals surface area contributed by atoms with Gasteiger partial charge in [0, 0.05) is 6.04 Å². The van der Waals surface area contributed by atoms with Crippen LogP contribution in [0.3, 0.4) is 0 Å². The van der Waals surface area contributed by atoms with Crippen molar-refractivity contribution in [2.75, 3.05) is 6.54 Å². The van der Waals surface area contributed by atoms with Crippen LogP contribution in [-0.4, -0.2) is 12.6 Å². The summed E-state index contributed by atoms with van der Waals surface area (Å²) in [7, 11) is 0. The van der Waals surface area contributed by atoms with E-state index in [9.17, 15) is 0 Å². The zero-order valence-corrected chi connectivity index (χ0v) is 8.91. The van der Waals surface area contributed by atoms with E-state index in [1.165, 1.54) is 45.1 Å². The Labute approximate surface area is 87.0 Å². The lowest BCUT2D eigenvalue weighted by molar-refractivity contribution is 0.158. The fourth-order valence-corrected chi connectivity index (χ4v) is 3.20. The zero-order valence-electron chi connectivity index (χ0n) is 8.91. The van der Waals surface area contributed by atoms with Gasteiger partial charge in [-0.3, -0.25) is 0 Å². The molecule has 0 spiro atoms. The van der Waals surface area contributed by atoms with Crippen molar-refractivity contribution in [1.82, 2.24) is 5.32 Å². The van der Waals surface area contributed by atoms with Gasteiger partial charge in [0.2, 0.25) is 0 Å². The Morgan fingerprint density at radius 2 is 2.21 bits per heavy atom. The Kier molecular flexibility index (Phi) is 2.36. The molecule has 3 aliphatic rings. The van der Waals surface area contributed by atoms with Gasteiger partial charge in [-0.1, -0.05) is 31.4 Å². The first-order chi connectivity index (χ1) is 6.93. The van der Waals surface area contributed by atoms with Crippen LogP contribution in [0.2, 0.25) is 0 Å². The molecule has 0 saturated heterocycles. The highest BCUT2D eigenvalue weighted by atomic mass is 14.9. The second kappa shape index (κ2) is 3.69. The molecule has 0 radical (unpaired) electrons. The monoisotopic (exact) mass is 191 g/mol. The van der Waals surface area contributed by atoms with E-state index < -0.39 is 0 Å². The summed E-state index contributed by atoms with van der Waals surface area (Å²) < 4.78 is 0. The molecule has 3 atom stereocenters. The molecule has 2 saturated carbocycles. The highest BCUT2D eigenvalue weighted by Crippen LogP contribution is 2.42. The Morgan fingerprint density at radius 3 is 2.93 bits per heavy atom. The fraction of sp³-hybridized carbons (Fsp3) is 0.846. The maximum Gasteiger partial charge on any atom is 0.0136 e. The third-order valence-corrected chi connectivity index (χ3v) is 4.55. The van der Waals surface area contributed by atoms with Gasteiger partial charge in [-0.05, 0) is 43.6 Å². The fourth-order valence-electron chi connectivity index (χ4n) is 3.20. The van der Waals surface area contributed by atoms with Crippen LogP contribution in [0.5, 0.6) is 0 Å². The van der Waals surface area contributed by atoms with Crippen molar-refractivity contribution in [2.45, 2.75) is 44.6 Å². The van der Waals surface area contributed by atoms with Crippen molar-refractivity contribution in [3.8, 4) is 0 Å². The van der Waals surface area contributed by atoms with Gasteiger partial charge in [0.25, 0.3) is 0 Å². The lowest BCUT2D eigenvalue weighted by Crippen LogP contribution is -2.48. The van der Waals surface area contributed by atoms with E-state index in [0.717, 1.165) is 23.8 Å². The predicted octanol–water partition coefficient (Wildman–Crippen LogP) is 2.73. The molecule has 1 heteroatoms. The van der Waals surface area contributed by atoms with Gasteiger partial charge in [0.05, 0.1) is 0 Å². The zero-order chi connectivity index (χ0) is 9.38. The third kappa shape index (κ3) is 1.52. The smallest absolute Gasteiger partial charge is 0.0136 e. The van der Waals surface area contributed by atoms with Gasteiger partial charge < -0.3 is 5.32 Å². The summed E-state index contributed by atoms with van der Waals surface area (Å²) in [6.07, 6.45) is 13.5. The highest BCUT2D eigenvalue weighted by molar-refractivity contribution is 5.12. The topological polar surface area (TPSA) is 12.0 Å². The quantitative estimate of drug-likeness (QED) is 0.674. The van der Waals surface area contributed by atoms with Gasteiger partial charge >= 0.3 is 0 Å². The minimum absolute atomic E-state index is 0.832. The highest BCUT2D eigenvalue weighted by Gasteiger charge is 2.40. The predicted molar refractivity (Wildman–Crippen MR) is 59.1 cm³/mol. The van der Waals surface area contributed by atoms with Gasteiger partial charge in [-0.15, -0.1) is 0 Å². The van der Waals surface area contributed by atoms with Crippen molar-refractivity contribution < 1.29 is 0 Å². The molecule has 3 unspecified atom stereocenters. The van der Waals surface area contributed by atoms with E-state index in [4.69, 9.17) is 0 Å². The first-order valence-corrected chi connectivity index (χ1v) is 6.33. The average Bonchev–Trinajstić information content (AvgIpc) is 2.44. The summed E-state index contributed by atoms with van der Waals surface area (Å²) in [6.45, 7) is 1.27. The van der Waals surface area contributed by atoms with Crippen molar-refractivity contribution in [3.63, 3.8) is 0 Å². The summed E-state index contributed by atoms with van der Waals surface area (Å²) in [5.41, 5.74) is 0. The Balaban J connectivity index is 1.35. The van der Waals surface area contributed by atoms with Crippen LogP contribution in [0.4, 0.5) is 0 Å². The van der Waals surface area contributed by atoms with Crippen LogP contribution in [0.1, 0.15) is 38.5 Å². The SMILES string of the molecule is C1=CC2C(C1)CC2NCCC1CCC1. The minimum Gasteiger partial charge on any atom is -0.313 e. The Hall–Kier alpha value is -0.300. The maximum absolute atomic E-state index is 3.74. The third-order valence-electron chi connectivity index (χ3n) is 4.55. The molecule has 0 aromatic heterocycles. The van der Waals surface area contributed by atoms with E-state index in [-0.39, 0.29) is 0 Å². The van der Waals surface area contributed by atoms with Crippen LogP contribution in [0.15, 0.2) is 12.2 Å². The first kappa shape index (κ1) is 8.96. The van der Waals surface area contributed by atoms with Crippen LogP contribution in [0, 0.1) is 17.8 Å². The van der Waals surface area contributed by atoms with Gasteiger partial charge in [0.1, 0.15) is 0 Å². The van der Waals surface area contributed by atoms with E-state index in [1.54, 1.807) is 0 Å². The summed E-state index contributed by atoms with van der Waals surface area (Å²) in [4.78, 5) is 0. The molecule has 78 valence electrons. The molecule has 0 aromatic carbocycles. The summed E-state index contributed by atoms with van der Waals surface area (Å²) in [5, 5.41) is 3.74. The van der Waals surface area contributed by atoms with Gasteiger partial charge in [-0.2, -0.15) is 0 Å². The molecule has 3 aliphatic carbocycles. The standard InChI is InChI=1S/C13H21N/c1-3-10(4-1)7-8-14-13-9-11-5-2-6-12(11)13/h2,6,10-14H,1,3-5,7-9H2. The number of hydrogen-bond acceptors (Lipinski definition) is 1. The normalized spacial score (nSPS) is 40.4. The number of hydrogen-bond donors (Lipinski definition) is 1. The number of allylic oxidation sites excluding steroid dienone is 1. The molecule has 0 aromatic rings. The summed E-state index contributed by atoms with van der Waals surface area (Å²) in [6, 6.07) is 0.832. The number of nitrogens with one attached hydrogen (secondary N) is 1. The molecular formula is C13H21N. The minimum atomic E-state index is 0.832. The first-order valence-electron chi connectivity index (χ1n) is 6.33. The summed E-state index contributed by atoms with van der Waals surface area (Å²) >= 11 is 0. The molecule has 0 amide bonds. The van der Waals surface area contributed by atoms with E-state index in [2.05, 4.69) is 17.5 Å². The molecule has 1 nitrogen and oxygen atoms in total. The molecular weight excluding hydrogens is 170 g/mol. The van der Waals surface area contributed by atoms with Crippen LogP contribution >= 0.6 is 0 Å². The van der Waals surface area contributed by atoms with Crippen molar-refractivity contribution in [2.24, 2.45) is 17.8 Å². The number of fused-ring (bicyclic) bond motifs is 1. The lowest BCUT2D eigenvalue weighted by atomic mass is 9.71. The molecule has 14 heavy (non-hydrogen) atoms. The van der Waals surface area contributed by atoms with Crippen molar-refractivity contribution in [3.05, 3.63) is 12.2 Å². The molecule has 1 N–H and O–H groups in total. The molecule has 2 fully saturated rings. The Bertz CT molecular complexity index is 229. The lowest BCUT2D eigenvalue weighted by Gasteiger charge is -2.41. The van der Waals surface area contributed by atoms with Crippen LogP contribution < -0.4 is 5.32 Å². The van der Waals surface area contributed by atoms with Crippen LogP contribution in [0.25, 0.3) is 0 Å². The van der Waals surface area contributed by atoms with Gasteiger partial charge in [0.15, 0.2) is 0 Å². The second-order valence-electron chi connectivity index (χ2n) is 5.38. The van der Waals surface area contributed by atoms with Gasteiger partial charge in [-0.25, -0.2) is 0 Å². The van der Waals surface area contributed by atoms with Crippen molar-refractivity contribution >= 4 is 0 Å². The van der Waals surface area contributed by atoms with Crippen molar-refractivity contribution in [1.29, 1.82) is 0 Å². The Morgan fingerprint density at radius 1 is 1.29 bits per heavy atom.